The fourth-order valence-electron chi connectivity index (χ4n) is 2.15. The largest absolute Gasteiger partial charge is 0.466 e. The summed E-state index contributed by atoms with van der Waals surface area (Å²) in [5, 5.41) is 0. The second kappa shape index (κ2) is 8.36. The van der Waals surface area contributed by atoms with Crippen LogP contribution in [0.25, 0.3) is 0 Å². The molecule has 0 heterocycles. The molecule has 0 saturated heterocycles. The summed E-state index contributed by atoms with van der Waals surface area (Å²) in [5.74, 6) is -0.443. The van der Waals surface area contributed by atoms with Crippen LogP contribution in [0, 0.1) is 5.41 Å². The Balaban J connectivity index is 3.03. The zero-order valence-electron chi connectivity index (χ0n) is 14.5. The van der Waals surface area contributed by atoms with Crippen LogP contribution in [-0.4, -0.2) is 37.7 Å². The van der Waals surface area contributed by atoms with Gasteiger partial charge in [0.15, 0.2) is 0 Å². The molecule has 1 amide bonds. The molecule has 0 radical (unpaired) electrons. The molecule has 0 aliphatic carbocycles. The maximum absolute atomic E-state index is 12.1. The van der Waals surface area contributed by atoms with Crippen molar-refractivity contribution in [1.82, 2.24) is 4.90 Å². The quantitative estimate of drug-likeness (QED) is 0.616. The van der Waals surface area contributed by atoms with Crippen molar-refractivity contribution in [2.24, 2.45) is 5.41 Å². The van der Waals surface area contributed by atoms with Gasteiger partial charge < -0.3 is 9.47 Å². The van der Waals surface area contributed by atoms with E-state index in [1.807, 2.05) is 57.2 Å². The average molecular weight is 319 g/mol. The molecule has 0 unspecified atom stereocenters. The van der Waals surface area contributed by atoms with E-state index in [4.69, 9.17) is 9.47 Å². The highest BCUT2D eigenvalue weighted by atomic mass is 16.5. The minimum atomic E-state index is -0.488. The summed E-state index contributed by atoms with van der Waals surface area (Å²) in [6.45, 7) is 6.43. The van der Waals surface area contributed by atoms with Gasteiger partial charge in [0.1, 0.15) is 0 Å². The average Bonchev–Trinajstić information content (AvgIpc) is 2.51. The number of carbonyl (C=O) groups is 2. The third-order valence-corrected chi connectivity index (χ3v) is 3.07. The van der Waals surface area contributed by atoms with Crippen molar-refractivity contribution in [2.45, 2.75) is 27.3 Å². The van der Waals surface area contributed by atoms with Crippen molar-refractivity contribution in [3.05, 3.63) is 47.5 Å². The molecular formula is C18H25NO4. The van der Waals surface area contributed by atoms with E-state index in [-0.39, 0.29) is 12.0 Å². The maximum atomic E-state index is 12.1. The van der Waals surface area contributed by atoms with Crippen LogP contribution in [0.4, 0.5) is 4.79 Å². The molecule has 0 spiro atoms. The monoisotopic (exact) mass is 319 g/mol. The Morgan fingerprint density at radius 2 is 1.70 bits per heavy atom. The SMILES string of the molecule is COC(=O)/C(=C\C(C)(C)C)CN(Cc1ccccc1)C(=O)OC. The van der Waals surface area contributed by atoms with Gasteiger partial charge in [0.05, 0.1) is 26.3 Å². The standard InChI is InChI=1S/C18H25NO4/c1-18(2,3)11-15(16(20)22-4)13-19(17(21)23-5)12-14-9-7-6-8-10-14/h6-11H,12-13H2,1-5H3/b15-11-. The lowest BCUT2D eigenvalue weighted by Crippen LogP contribution is -2.34. The number of ether oxygens (including phenoxy) is 2. The molecule has 0 atom stereocenters. The van der Waals surface area contributed by atoms with E-state index in [1.165, 1.54) is 19.1 Å². The van der Waals surface area contributed by atoms with Crippen LogP contribution in [0.1, 0.15) is 26.3 Å². The van der Waals surface area contributed by atoms with Crippen molar-refractivity contribution >= 4 is 12.1 Å². The molecule has 0 fully saturated rings. The number of methoxy groups -OCH3 is 2. The fraction of sp³-hybridized carbons (Fsp3) is 0.444. The lowest BCUT2D eigenvalue weighted by molar-refractivity contribution is -0.136. The van der Waals surface area contributed by atoms with Gasteiger partial charge in [-0.3, -0.25) is 4.90 Å². The van der Waals surface area contributed by atoms with Gasteiger partial charge in [0.2, 0.25) is 0 Å². The molecule has 1 aromatic carbocycles. The van der Waals surface area contributed by atoms with Gasteiger partial charge in [0, 0.05) is 6.54 Å². The summed E-state index contributed by atoms with van der Waals surface area (Å²) < 4.78 is 9.67. The lowest BCUT2D eigenvalue weighted by Gasteiger charge is -2.23. The number of hydrogen-bond donors (Lipinski definition) is 0. The van der Waals surface area contributed by atoms with Crippen molar-refractivity contribution in [2.75, 3.05) is 20.8 Å². The van der Waals surface area contributed by atoms with Crippen LogP contribution in [0.2, 0.25) is 0 Å². The van der Waals surface area contributed by atoms with Gasteiger partial charge in [-0.25, -0.2) is 9.59 Å². The molecule has 23 heavy (non-hydrogen) atoms. The van der Waals surface area contributed by atoms with Crippen molar-refractivity contribution in [3.63, 3.8) is 0 Å². The van der Waals surface area contributed by atoms with Gasteiger partial charge in [-0.1, -0.05) is 57.2 Å². The molecule has 0 N–H and O–H groups in total. The molecule has 0 bridgehead atoms. The van der Waals surface area contributed by atoms with Crippen LogP contribution < -0.4 is 0 Å². The normalized spacial score (nSPS) is 11.8. The molecule has 1 rings (SSSR count). The van der Waals surface area contributed by atoms with Crippen molar-refractivity contribution in [1.29, 1.82) is 0 Å². The van der Waals surface area contributed by atoms with Gasteiger partial charge in [0.25, 0.3) is 0 Å². The third kappa shape index (κ3) is 6.55. The maximum Gasteiger partial charge on any atom is 0.410 e. The van der Waals surface area contributed by atoms with E-state index < -0.39 is 12.1 Å². The minimum Gasteiger partial charge on any atom is -0.466 e. The number of amides is 1. The van der Waals surface area contributed by atoms with Crippen LogP contribution in [0.5, 0.6) is 0 Å². The van der Waals surface area contributed by atoms with Crippen molar-refractivity contribution in [3.8, 4) is 0 Å². The summed E-state index contributed by atoms with van der Waals surface area (Å²) in [4.78, 5) is 25.5. The first-order valence-electron chi connectivity index (χ1n) is 7.43. The topological polar surface area (TPSA) is 55.8 Å². The first-order valence-corrected chi connectivity index (χ1v) is 7.43. The van der Waals surface area contributed by atoms with Gasteiger partial charge >= 0.3 is 12.1 Å². The van der Waals surface area contributed by atoms with Gasteiger partial charge in [-0.2, -0.15) is 0 Å². The Morgan fingerprint density at radius 1 is 1.09 bits per heavy atom. The third-order valence-electron chi connectivity index (χ3n) is 3.07. The summed E-state index contributed by atoms with van der Waals surface area (Å²) in [5.41, 5.74) is 1.18. The second-order valence-corrected chi connectivity index (χ2v) is 6.34. The predicted molar refractivity (Wildman–Crippen MR) is 88.8 cm³/mol. The zero-order valence-corrected chi connectivity index (χ0v) is 14.5. The number of benzene rings is 1. The first kappa shape index (κ1) is 18.7. The molecule has 1 aromatic rings. The molecule has 0 saturated carbocycles. The summed E-state index contributed by atoms with van der Waals surface area (Å²) >= 11 is 0. The Labute approximate surface area is 137 Å². The molecule has 126 valence electrons. The smallest absolute Gasteiger partial charge is 0.410 e. The van der Waals surface area contributed by atoms with E-state index in [2.05, 4.69) is 0 Å². The zero-order chi connectivity index (χ0) is 17.5. The predicted octanol–water partition coefficient (Wildman–Crippen LogP) is 3.40. The van der Waals surface area contributed by atoms with Crippen LogP contribution in [0.15, 0.2) is 42.0 Å². The molecule has 5 nitrogen and oxygen atoms in total. The van der Waals surface area contributed by atoms with E-state index in [0.717, 1.165) is 5.56 Å². The Morgan fingerprint density at radius 3 is 2.17 bits per heavy atom. The van der Waals surface area contributed by atoms with Gasteiger partial charge in [-0.05, 0) is 11.0 Å². The number of rotatable bonds is 5. The second-order valence-electron chi connectivity index (χ2n) is 6.34. The summed E-state index contributed by atoms with van der Waals surface area (Å²) in [6, 6.07) is 9.54. The highest BCUT2D eigenvalue weighted by Crippen LogP contribution is 2.20. The Bertz CT molecular complexity index is 558. The fourth-order valence-corrected chi connectivity index (χ4v) is 2.15. The van der Waals surface area contributed by atoms with Crippen LogP contribution in [0.3, 0.4) is 0 Å². The molecule has 0 aliphatic rings. The Kier molecular flexibility index (Phi) is 6.82. The van der Waals surface area contributed by atoms with Crippen molar-refractivity contribution < 1.29 is 19.1 Å². The van der Waals surface area contributed by atoms with E-state index >= 15 is 0 Å². The summed E-state index contributed by atoms with van der Waals surface area (Å²) in [7, 11) is 2.66. The highest BCUT2D eigenvalue weighted by Gasteiger charge is 2.22. The number of allylic oxidation sites excluding steroid dienone is 1. The number of hydrogen-bond acceptors (Lipinski definition) is 4. The minimum absolute atomic E-state index is 0.130. The number of nitrogens with zero attached hydrogens (tertiary/aromatic N) is 1. The molecular weight excluding hydrogens is 294 g/mol. The molecule has 0 aromatic heterocycles. The number of carbonyl (C=O) groups excluding carboxylic acids is 2. The van der Waals surface area contributed by atoms with E-state index in [1.54, 1.807) is 0 Å². The first-order chi connectivity index (χ1) is 10.8. The molecule has 5 heteroatoms. The summed E-state index contributed by atoms with van der Waals surface area (Å²) in [6.07, 6.45) is 1.33. The Hall–Kier alpha value is -2.30. The lowest BCUT2D eigenvalue weighted by atomic mass is 9.93. The van der Waals surface area contributed by atoms with E-state index in [0.29, 0.717) is 12.1 Å². The molecule has 0 aliphatic heterocycles. The van der Waals surface area contributed by atoms with Crippen LogP contribution in [-0.2, 0) is 20.8 Å². The highest BCUT2D eigenvalue weighted by molar-refractivity contribution is 5.89. The van der Waals surface area contributed by atoms with Gasteiger partial charge in [-0.15, -0.1) is 0 Å². The van der Waals surface area contributed by atoms with Crippen LogP contribution >= 0.6 is 0 Å². The number of esters is 1. The van der Waals surface area contributed by atoms with E-state index in [9.17, 15) is 9.59 Å².